The van der Waals surface area contributed by atoms with Gasteiger partial charge in [0.15, 0.2) is 0 Å². The minimum atomic E-state index is -0.0461. The van der Waals surface area contributed by atoms with Gasteiger partial charge >= 0.3 is 0 Å². The Morgan fingerprint density at radius 3 is 2.60 bits per heavy atom. The second kappa shape index (κ2) is 6.38. The van der Waals surface area contributed by atoms with Crippen LogP contribution in [-0.2, 0) is 11.3 Å². The van der Waals surface area contributed by atoms with E-state index < -0.39 is 0 Å². The van der Waals surface area contributed by atoms with Crippen molar-refractivity contribution >= 4 is 0 Å². The monoisotopic (exact) mass is 206 g/mol. The molecule has 0 bridgehead atoms. The summed E-state index contributed by atoms with van der Waals surface area (Å²) < 4.78 is 5.67. The van der Waals surface area contributed by atoms with Crippen LogP contribution >= 0.6 is 0 Å². The van der Waals surface area contributed by atoms with Crippen molar-refractivity contribution in [3.05, 3.63) is 48.0 Å². The van der Waals surface area contributed by atoms with Gasteiger partial charge in [-0.15, -0.1) is 0 Å². The molecule has 0 amide bonds. The van der Waals surface area contributed by atoms with E-state index in [9.17, 15) is 0 Å². The highest BCUT2D eigenvalue weighted by molar-refractivity contribution is 5.13. The van der Waals surface area contributed by atoms with Gasteiger partial charge in [-0.1, -0.05) is 42.5 Å². The lowest BCUT2D eigenvalue weighted by atomic mass is 10.1. The van der Waals surface area contributed by atoms with Crippen LogP contribution in [0.5, 0.6) is 0 Å². The molecule has 1 atom stereocenters. The second-order valence-corrected chi connectivity index (χ2v) is 3.64. The third-order valence-electron chi connectivity index (χ3n) is 2.23. The zero-order valence-corrected chi connectivity index (χ0v) is 9.15. The fourth-order valence-electron chi connectivity index (χ4n) is 1.36. The molecule has 0 radical (unpaired) electrons. The van der Waals surface area contributed by atoms with E-state index in [0.29, 0.717) is 13.0 Å². The second-order valence-electron chi connectivity index (χ2n) is 3.64. The first-order valence-corrected chi connectivity index (χ1v) is 5.16. The molecule has 2 nitrogen and oxygen atoms in total. The zero-order chi connectivity index (χ0) is 11.1. The van der Waals surface area contributed by atoms with Crippen molar-refractivity contribution in [2.75, 3.05) is 6.61 Å². The van der Waals surface area contributed by atoms with Crippen LogP contribution in [0.3, 0.4) is 0 Å². The average molecular weight is 206 g/mol. The molecule has 0 spiro atoms. The summed E-state index contributed by atoms with van der Waals surface area (Å²) in [5.74, 6) is 0. The molecule has 0 unspecified atom stereocenters. The van der Waals surface area contributed by atoms with Crippen LogP contribution in [0.1, 0.15) is 18.9 Å². The van der Waals surface area contributed by atoms with Gasteiger partial charge in [0, 0.05) is 13.0 Å². The Morgan fingerprint density at radius 2 is 2.07 bits per heavy atom. The molecule has 1 aromatic carbocycles. The highest BCUT2D eigenvalue weighted by Crippen LogP contribution is 2.11. The third-order valence-corrected chi connectivity index (χ3v) is 2.23. The number of benzene rings is 1. The van der Waals surface area contributed by atoms with Crippen molar-refractivity contribution in [2.24, 2.45) is 0 Å². The van der Waals surface area contributed by atoms with Gasteiger partial charge in [-0.2, -0.15) is 0 Å². The van der Waals surface area contributed by atoms with Crippen LogP contribution in [0.15, 0.2) is 42.5 Å². The zero-order valence-electron chi connectivity index (χ0n) is 9.15. The van der Waals surface area contributed by atoms with Crippen LogP contribution in [0.2, 0.25) is 0 Å². The average Bonchev–Trinajstić information content (AvgIpc) is 2.25. The lowest BCUT2D eigenvalue weighted by molar-refractivity contribution is 0.0474. The lowest BCUT2D eigenvalue weighted by Gasteiger charge is -2.16. The van der Waals surface area contributed by atoms with Crippen molar-refractivity contribution < 1.29 is 9.84 Å². The van der Waals surface area contributed by atoms with Crippen LogP contribution in [-0.4, -0.2) is 17.8 Å². The van der Waals surface area contributed by atoms with Gasteiger partial charge in [0.25, 0.3) is 0 Å². The molecule has 1 rings (SSSR count). The van der Waals surface area contributed by atoms with Crippen LogP contribution in [0.4, 0.5) is 0 Å². The molecule has 0 aromatic heterocycles. The Bertz CT molecular complexity index is 293. The standard InChI is InChI=1S/C13H18O2/c1-11(2)13(8-9-14)15-10-12-6-4-3-5-7-12/h3-7,13-14H,1,8-10H2,2H3/t13-/m0/s1. The number of hydrogen-bond acceptors (Lipinski definition) is 2. The van der Waals surface area contributed by atoms with E-state index in [1.54, 1.807) is 0 Å². The van der Waals surface area contributed by atoms with Gasteiger partial charge in [-0.05, 0) is 12.5 Å². The third kappa shape index (κ3) is 4.28. The molecule has 0 saturated heterocycles. The van der Waals surface area contributed by atoms with Gasteiger partial charge < -0.3 is 9.84 Å². The maximum atomic E-state index is 8.86. The topological polar surface area (TPSA) is 29.5 Å². The molecule has 82 valence electrons. The summed E-state index contributed by atoms with van der Waals surface area (Å²) in [6.07, 6.45) is 0.567. The van der Waals surface area contributed by atoms with Gasteiger partial charge in [0.05, 0.1) is 12.7 Å². The summed E-state index contributed by atoms with van der Waals surface area (Å²) in [5, 5.41) is 8.86. The fourth-order valence-corrected chi connectivity index (χ4v) is 1.36. The van der Waals surface area contributed by atoms with Crippen LogP contribution < -0.4 is 0 Å². The van der Waals surface area contributed by atoms with Crippen molar-refractivity contribution in [1.29, 1.82) is 0 Å². The first kappa shape index (κ1) is 12.0. The maximum Gasteiger partial charge on any atom is 0.0806 e. The summed E-state index contributed by atoms with van der Waals surface area (Å²) in [6, 6.07) is 10.00. The van der Waals surface area contributed by atoms with Gasteiger partial charge in [-0.25, -0.2) is 0 Å². The first-order chi connectivity index (χ1) is 7.24. The van der Waals surface area contributed by atoms with E-state index in [4.69, 9.17) is 9.84 Å². The molecule has 1 aromatic rings. The molecule has 0 aliphatic carbocycles. The Labute approximate surface area is 91.2 Å². The summed E-state index contributed by atoms with van der Waals surface area (Å²) >= 11 is 0. The smallest absolute Gasteiger partial charge is 0.0806 e. The van der Waals surface area contributed by atoms with Crippen LogP contribution in [0.25, 0.3) is 0 Å². The number of aliphatic hydroxyl groups is 1. The largest absolute Gasteiger partial charge is 0.396 e. The Hall–Kier alpha value is -1.12. The predicted molar refractivity (Wildman–Crippen MR) is 61.5 cm³/mol. The fraction of sp³-hybridized carbons (Fsp3) is 0.385. The number of aliphatic hydroxyl groups excluding tert-OH is 1. The van der Waals surface area contributed by atoms with Crippen LogP contribution in [0, 0.1) is 0 Å². The van der Waals surface area contributed by atoms with E-state index in [-0.39, 0.29) is 12.7 Å². The van der Waals surface area contributed by atoms with E-state index in [1.807, 2.05) is 37.3 Å². The van der Waals surface area contributed by atoms with Crippen molar-refractivity contribution in [3.63, 3.8) is 0 Å². The highest BCUT2D eigenvalue weighted by Gasteiger charge is 2.08. The minimum absolute atomic E-state index is 0.0461. The molecule has 1 N–H and O–H groups in total. The summed E-state index contributed by atoms with van der Waals surface area (Å²) in [5.41, 5.74) is 2.10. The molecular weight excluding hydrogens is 188 g/mol. The highest BCUT2D eigenvalue weighted by atomic mass is 16.5. The normalized spacial score (nSPS) is 12.4. The number of hydrogen-bond donors (Lipinski definition) is 1. The summed E-state index contributed by atoms with van der Waals surface area (Å²) in [7, 11) is 0. The molecule has 0 fully saturated rings. The van der Waals surface area contributed by atoms with E-state index in [0.717, 1.165) is 11.1 Å². The molecule has 15 heavy (non-hydrogen) atoms. The van der Waals surface area contributed by atoms with Gasteiger partial charge in [-0.3, -0.25) is 0 Å². The molecule has 0 aliphatic rings. The summed E-state index contributed by atoms with van der Waals surface area (Å²) in [4.78, 5) is 0. The number of ether oxygens (including phenoxy) is 1. The van der Waals surface area contributed by atoms with E-state index >= 15 is 0 Å². The first-order valence-electron chi connectivity index (χ1n) is 5.16. The SMILES string of the molecule is C=C(C)[C@H](CCO)OCc1ccccc1. The number of rotatable bonds is 6. The predicted octanol–water partition coefficient (Wildman–Crippen LogP) is 2.53. The van der Waals surface area contributed by atoms with E-state index in [2.05, 4.69) is 6.58 Å². The molecule has 0 heterocycles. The summed E-state index contributed by atoms with van der Waals surface area (Å²) in [6.45, 7) is 6.47. The minimum Gasteiger partial charge on any atom is -0.396 e. The van der Waals surface area contributed by atoms with E-state index in [1.165, 1.54) is 0 Å². The van der Waals surface area contributed by atoms with Crippen molar-refractivity contribution in [1.82, 2.24) is 0 Å². The lowest BCUT2D eigenvalue weighted by Crippen LogP contribution is -2.15. The van der Waals surface area contributed by atoms with Gasteiger partial charge in [0.1, 0.15) is 0 Å². The Morgan fingerprint density at radius 1 is 1.40 bits per heavy atom. The maximum absolute atomic E-state index is 8.86. The molecule has 2 heteroatoms. The molecular formula is C13H18O2. The molecule has 0 saturated carbocycles. The van der Waals surface area contributed by atoms with Crippen molar-refractivity contribution in [2.45, 2.75) is 26.1 Å². The molecule has 0 aliphatic heterocycles. The van der Waals surface area contributed by atoms with Crippen molar-refractivity contribution in [3.8, 4) is 0 Å². The Balaban J connectivity index is 2.43. The quantitative estimate of drug-likeness (QED) is 0.725. The Kier molecular flexibility index (Phi) is 5.08. The van der Waals surface area contributed by atoms with Gasteiger partial charge in [0.2, 0.25) is 0 Å².